The number of nitro benzene ring substituents is 1. The van der Waals surface area contributed by atoms with Crippen molar-refractivity contribution in [3.63, 3.8) is 0 Å². The molecule has 1 amide bonds. The lowest BCUT2D eigenvalue weighted by Crippen LogP contribution is -2.22. The summed E-state index contributed by atoms with van der Waals surface area (Å²) in [5, 5.41) is 52.9. The summed E-state index contributed by atoms with van der Waals surface area (Å²) in [5.41, 5.74) is 0.898. The van der Waals surface area contributed by atoms with Crippen LogP contribution in [0.15, 0.2) is 52.7 Å². The zero-order valence-corrected chi connectivity index (χ0v) is 23.8. The molecule has 4 N–H and O–H groups in total. The number of ether oxygens (including phenoxy) is 1. The minimum Gasteiger partial charge on any atom is -0.506 e. The highest BCUT2D eigenvalue weighted by molar-refractivity contribution is 6.11. The number of aromatic hydroxyl groups is 1. The van der Waals surface area contributed by atoms with Crippen LogP contribution in [0.1, 0.15) is 71.6 Å². The number of nitrogens with one attached hydrogen (secondary N) is 3. The number of carbonyl (C=O) groups is 1. The Morgan fingerprint density at radius 2 is 1.88 bits per heavy atom. The molecular weight excluding hydrogens is 528 g/mol. The van der Waals surface area contributed by atoms with E-state index in [0.29, 0.717) is 16.9 Å². The zero-order valence-electron chi connectivity index (χ0n) is 23.8. The number of rotatable bonds is 11. The molecule has 1 heterocycles. The standard InChI is InChI=1S/C28H35N8O5/c1-6-8-9-20(7-2)41-27(38)30-18-12-10-17(11-13-18)25(29)31-26-23(24(34-35-26)28(3,4)5)33-32-21-16-19(36(39)40)14-15-22(21)37/h10-16,20H,6-9H2,1-5H3,(H4-,29,30,31,32,33,34,35,37,38)/q-1. The zero-order chi connectivity index (χ0) is 30.2. The monoisotopic (exact) mass is 563 g/mol. The molecular formula is C28H35N8O5-. The SMILES string of the molecule is CCCCC(CC)OC(=O)Nc1ccc(C(=[N-])Nc2n[nH]c(C(C)(C)C)c2N=Nc2cc([N+](=O)[O-])ccc2O)cc1. The molecule has 0 aliphatic carbocycles. The van der Waals surface area contributed by atoms with Gasteiger partial charge in [0.25, 0.3) is 5.69 Å². The van der Waals surface area contributed by atoms with E-state index in [1.165, 1.54) is 0 Å². The Kier molecular flexibility index (Phi) is 10.1. The first-order valence-corrected chi connectivity index (χ1v) is 13.3. The molecule has 0 saturated heterocycles. The molecule has 0 fully saturated rings. The molecule has 218 valence electrons. The number of hydrogen-bond donors (Lipinski definition) is 4. The van der Waals surface area contributed by atoms with Crippen LogP contribution in [-0.4, -0.2) is 38.3 Å². The second-order valence-corrected chi connectivity index (χ2v) is 10.4. The van der Waals surface area contributed by atoms with Crippen LogP contribution in [0.25, 0.3) is 5.41 Å². The molecule has 0 radical (unpaired) electrons. The van der Waals surface area contributed by atoms with Crippen molar-refractivity contribution in [3.05, 3.63) is 69.2 Å². The minimum absolute atomic E-state index is 0.100. The third-order valence-electron chi connectivity index (χ3n) is 6.17. The van der Waals surface area contributed by atoms with Crippen LogP contribution in [0.4, 0.5) is 33.4 Å². The van der Waals surface area contributed by atoms with Gasteiger partial charge in [-0.25, -0.2) is 4.79 Å². The number of hydrogen-bond acceptors (Lipinski definition) is 8. The minimum atomic E-state index is -0.601. The third kappa shape index (κ3) is 8.34. The fourth-order valence-electron chi connectivity index (χ4n) is 3.83. The van der Waals surface area contributed by atoms with E-state index in [2.05, 4.69) is 38.0 Å². The average Bonchev–Trinajstić information content (AvgIpc) is 3.33. The lowest BCUT2D eigenvalue weighted by molar-refractivity contribution is -0.384. The first-order chi connectivity index (χ1) is 19.4. The Balaban J connectivity index is 1.77. The molecule has 3 aromatic rings. The molecule has 0 saturated carbocycles. The number of nitrogens with zero attached hydrogens (tertiary/aromatic N) is 5. The quantitative estimate of drug-likeness (QED) is 0.0604. The van der Waals surface area contributed by atoms with E-state index in [1.54, 1.807) is 24.3 Å². The van der Waals surface area contributed by atoms with Gasteiger partial charge in [-0.15, -0.1) is 10.2 Å². The van der Waals surface area contributed by atoms with E-state index < -0.39 is 16.4 Å². The largest absolute Gasteiger partial charge is 0.506 e. The highest BCUT2D eigenvalue weighted by Crippen LogP contribution is 2.38. The average molecular weight is 564 g/mol. The normalized spacial score (nSPS) is 12.2. The molecule has 0 bridgehead atoms. The van der Waals surface area contributed by atoms with Gasteiger partial charge in [-0.1, -0.05) is 65.4 Å². The summed E-state index contributed by atoms with van der Waals surface area (Å²) in [6.07, 6.45) is 2.87. The van der Waals surface area contributed by atoms with Gasteiger partial charge in [-0.05, 0) is 36.6 Å². The molecule has 0 aliphatic rings. The second kappa shape index (κ2) is 13.5. The van der Waals surface area contributed by atoms with Crippen molar-refractivity contribution in [2.24, 2.45) is 10.2 Å². The maximum atomic E-state index is 12.3. The van der Waals surface area contributed by atoms with Crippen molar-refractivity contribution in [2.75, 3.05) is 10.6 Å². The van der Waals surface area contributed by atoms with Crippen molar-refractivity contribution in [1.29, 1.82) is 0 Å². The van der Waals surface area contributed by atoms with Crippen molar-refractivity contribution in [1.82, 2.24) is 10.2 Å². The first-order valence-electron chi connectivity index (χ1n) is 13.3. The van der Waals surface area contributed by atoms with E-state index in [0.717, 1.165) is 43.9 Å². The van der Waals surface area contributed by atoms with Gasteiger partial charge < -0.3 is 20.6 Å². The number of H-pyrrole nitrogens is 1. The van der Waals surface area contributed by atoms with E-state index in [-0.39, 0.29) is 40.6 Å². The topological polar surface area (TPSA) is 189 Å². The van der Waals surface area contributed by atoms with Gasteiger partial charge in [0.05, 0.1) is 16.4 Å². The molecule has 2 aromatic carbocycles. The maximum absolute atomic E-state index is 12.3. The molecule has 13 nitrogen and oxygen atoms in total. The summed E-state index contributed by atoms with van der Waals surface area (Å²) in [7, 11) is 0. The van der Waals surface area contributed by atoms with Gasteiger partial charge in [0.2, 0.25) is 0 Å². The molecule has 1 aromatic heterocycles. The number of azo groups is 1. The van der Waals surface area contributed by atoms with Crippen LogP contribution in [0.3, 0.4) is 0 Å². The summed E-state index contributed by atoms with van der Waals surface area (Å²) in [6, 6.07) is 9.88. The second-order valence-electron chi connectivity index (χ2n) is 10.4. The summed E-state index contributed by atoms with van der Waals surface area (Å²) in [4.78, 5) is 22.8. The van der Waals surface area contributed by atoms with Crippen LogP contribution in [-0.2, 0) is 10.2 Å². The Morgan fingerprint density at radius 1 is 1.17 bits per heavy atom. The van der Waals surface area contributed by atoms with Gasteiger partial charge in [-0.3, -0.25) is 20.5 Å². The van der Waals surface area contributed by atoms with Gasteiger partial charge in [0, 0.05) is 23.2 Å². The van der Waals surface area contributed by atoms with Crippen LogP contribution in [0.5, 0.6) is 5.75 Å². The van der Waals surface area contributed by atoms with Crippen LogP contribution in [0, 0.1) is 10.1 Å². The van der Waals surface area contributed by atoms with Gasteiger partial charge in [-0.2, -0.15) is 5.10 Å². The lowest BCUT2D eigenvalue weighted by atomic mass is 9.91. The fourth-order valence-corrected chi connectivity index (χ4v) is 3.83. The number of amidine groups is 1. The van der Waals surface area contributed by atoms with E-state index in [4.69, 9.17) is 4.74 Å². The van der Waals surface area contributed by atoms with Crippen molar-refractivity contribution < 1.29 is 19.6 Å². The highest BCUT2D eigenvalue weighted by atomic mass is 16.6. The summed E-state index contributed by atoms with van der Waals surface area (Å²) in [6.45, 7) is 9.81. The molecule has 41 heavy (non-hydrogen) atoms. The predicted molar refractivity (Wildman–Crippen MR) is 157 cm³/mol. The number of aromatic nitrogens is 2. The van der Waals surface area contributed by atoms with Gasteiger partial charge in [0.1, 0.15) is 23.2 Å². The number of aromatic amines is 1. The number of phenolic OH excluding ortho intramolecular Hbond substituents is 1. The number of nitro groups is 1. The number of phenols is 1. The van der Waals surface area contributed by atoms with Crippen molar-refractivity contribution in [3.8, 4) is 5.75 Å². The Morgan fingerprint density at radius 3 is 2.49 bits per heavy atom. The number of unbranched alkanes of at least 4 members (excludes halogenated alkanes) is 1. The van der Waals surface area contributed by atoms with Gasteiger partial charge in [0.15, 0.2) is 0 Å². The summed E-state index contributed by atoms with van der Waals surface area (Å²) >= 11 is 0. The number of amides is 1. The van der Waals surface area contributed by atoms with Crippen LogP contribution in [0.2, 0.25) is 0 Å². The van der Waals surface area contributed by atoms with Crippen LogP contribution >= 0.6 is 0 Å². The number of benzene rings is 2. The van der Waals surface area contributed by atoms with Crippen molar-refractivity contribution in [2.45, 2.75) is 71.8 Å². The Labute approximate surface area is 238 Å². The molecule has 0 spiro atoms. The highest BCUT2D eigenvalue weighted by Gasteiger charge is 2.23. The fraction of sp³-hybridized carbons (Fsp3) is 0.393. The van der Waals surface area contributed by atoms with E-state index in [9.17, 15) is 25.4 Å². The van der Waals surface area contributed by atoms with E-state index in [1.807, 2.05) is 27.7 Å². The maximum Gasteiger partial charge on any atom is 0.411 e. The molecule has 3 rings (SSSR count). The molecule has 1 atom stereocenters. The summed E-state index contributed by atoms with van der Waals surface area (Å²) in [5.74, 6) is -0.385. The summed E-state index contributed by atoms with van der Waals surface area (Å²) < 4.78 is 5.49. The number of carbonyl (C=O) groups excluding carboxylic acids is 1. The number of non-ortho nitro benzene ring substituents is 1. The predicted octanol–water partition coefficient (Wildman–Crippen LogP) is 7.68. The third-order valence-corrected chi connectivity index (χ3v) is 6.17. The first kappa shape index (κ1) is 30.7. The lowest BCUT2D eigenvalue weighted by Gasteiger charge is -2.19. The Bertz CT molecular complexity index is 1410. The van der Waals surface area contributed by atoms with Crippen molar-refractivity contribution >= 4 is 40.5 Å². The Hall–Kier alpha value is -4.81. The van der Waals surface area contributed by atoms with Gasteiger partial charge >= 0.3 is 6.09 Å². The molecule has 13 heteroatoms. The molecule has 0 aliphatic heterocycles. The van der Waals surface area contributed by atoms with E-state index >= 15 is 0 Å². The smallest absolute Gasteiger partial charge is 0.411 e. The number of anilines is 2. The van der Waals surface area contributed by atoms with Crippen LogP contribution < -0.4 is 10.6 Å². The molecule has 1 unspecified atom stereocenters.